The van der Waals surface area contributed by atoms with Gasteiger partial charge in [0.25, 0.3) is 5.91 Å². The lowest BCUT2D eigenvalue weighted by Crippen LogP contribution is -2.33. The largest absolute Gasteiger partial charge is 0.337 e. The number of alkyl halides is 2. The number of halogens is 2. The molecular formula is C16H18F2N2O3S. The van der Waals surface area contributed by atoms with Crippen molar-refractivity contribution in [1.82, 2.24) is 4.90 Å². The van der Waals surface area contributed by atoms with Gasteiger partial charge in [0, 0.05) is 18.7 Å². The van der Waals surface area contributed by atoms with Gasteiger partial charge in [-0.05, 0) is 36.5 Å². The number of nitrogens with zero attached hydrogens (tertiary/aromatic N) is 2. The van der Waals surface area contributed by atoms with Gasteiger partial charge < -0.3 is 4.90 Å². The van der Waals surface area contributed by atoms with Gasteiger partial charge in [-0.15, -0.1) is 0 Å². The van der Waals surface area contributed by atoms with Gasteiger partial charge in [0.1, 0.15) is 0 Å². The zero-order chi connectivity index (χ0) is 17.7. The third kappa shape index (κ3) is 4.99. The fourth-order valence-electron chi connectivity index (χ4n) is 2.29. The standard InChI is InChI=1S/C16H18F2N2O3S/c17-16(18)24(22,23)11-13-4-6-14(7-5-13)15(21)20(9-1-8-19)10-12-2-3-12/h4-7,12,16H,1-3,9-11H2. The molecule has 0 unspecified atom stereocenters. The first-order valence-corrected chi connectivity index (χ1v) is 9.30. The average Bonchev–Trinajstić information content (AvgIpc) is 3.35. The van der Waals surface area contributed by atoms with Crippen LogP contribution in [0.25, 0.3) is 0 Å². The highest BCUT2D eigenvalue weighted by Gasteiger charge is 2.27. The maximum Gasteiger partial charge on any atom is 0.337 e. The SMILES string of the molecule is N#CCCN(CC1CC1)C(=O)c1ccc(CS(=O)(=O)C(F)F)cc1. The molecule has 1 aliphatic carbocycles. The lowest BCUT2D eigenvalue weighted by atomic mass is 10.1. The second kappa shape index (κ2) is 7.71. The molecule has 5 nitrogen and oxygen atoms in total. The summed E-state index contributed by atoms with van der Waals surface area (Å²) in [6, 6.07) is 7.62. The summed E-state index contributed by atoms with van der Waals surface area (Å²) in [6.07, 6.45) is 2.38. The van der Waals surface area contributed by atoms with Crippen LogP contribution in [0, 0.1) is 17.2 Å². The number of hydrogen-bond donors (Lipinski definition) is 0. The molecule has 0 aliphatic heterocycles. The topological polar surface area (TPSA) is 78.2 Å². The van der Waals surface area contributed by atoms with Crippen LogP contribution in [0.3, 0.4) is 0 Å². The predicted molar refractivity (Wildman–Crippen MR) is 83.9 cm³/mol. The molecule has 130 valence electrons. The van der Waals surface area contributed by atoms with Gasteiger partial charge in [0.15, 0.2) is 0 Å². The summed E-state index contributed by atoms with van der Waals surface area (Å²) >= 11 is 0. The Morgan fingerprint density at radius 3 is 2.42 bits per heavy atom. The first-order valence-electron chi connectivity index (χ1n) is 7.58. The average molecular weight is 356 g/mol. The number of amides is 1. The van der Waals surface area contributed by atoms with E-state index in [0.29, 0.717) is 24.6 Å². The maximum absolute atomic E-state index is 12.5. The van der Waals surface area contributed by atoms with E-state index in [1.54, 1.807) is 4.90 Å². The smallest absolute Gasteiger partial charge is 0.337 e. The Balaban J connectivity index is 2.07. The van der Waals surface area contributed by atoms with Crippen LogP contribution >= 0.6 is 0 Å². The molecule has 1 amide bonds. The number of carbonyl (C=O) groups excluding carboxylic acids is 1. The van der Waals surface area contributed by atoms with Gasteiger partial charge in [-0.25, -0.2) is 8.42 Å². The minimum atomic E-state index is -4.49. The highest BCUT2D eigenvalue weighted by atomic mass is 32.2. The van der Waals surface area contributed by atoms with E-state index in [4.69, 9.17) is 5.26 Å². The van der Waals surface area contributed by atoms with Crippen molar-refractivity contribution in [3.63, 3.8) is 0 Å². The van der Waals surface area contributed by atoms with Gasteiger partial charge in [0.2, 0.25) is 9.84 Å². The second-order valence-electron chi connectivity index (χ2n) is 5.87. The third-order valence-corrected chi connectivity index (χ3v) is 5.08. The molecule has 0 bridgehead atoms. The van der Waals surface area contributed by atoms with Crippen LogP contribution in [0.15, 0.2) is 24.3 Å². The summed E-state index contributed by atoms with van der Waals surface area (Å²) in [5, 5.41) is 8.70. The molecule has 0 saturated heterocycles. The minimum absolute atomic E-state index is 0.206. The van der Waals surface area contributed by atoms with Crippen molar-refractivity contribution in [3.8, 4) is 6.07 Å². The van der Waals surface area contributed by atoms with E-state index in [1.165, 1.54) is 24.3 Å². The fourth-order valence-corrected chi connectivity index (χ4v) is 3.08. The van der Waals surface area contributed by atoms with Gasteiger partial charge >= 0.3 is 5.76 Å². The lowest BCUT2D eigenvalue weighted by Gasteiger charge is -2.21. The third-order valence-electron chi connectivity index (χ3n) is 3.80. The zero-order valence-corrected chi connectivity index (χ0v) is 13.8. The van der Waals surface area contributed by atoms with Crippen molar-refractivity contribution in [1.29, 1.82) is 5.26 Å². The van der Waals surface area contributed by atoms with Crippen molar-refractivity contribution in [2.24, 2.45) is 5.92 Å². The minimum Gasteiger partial charge on any atom is -0.337 e. The van der Waals surface area contributed by atoms with Crippen molar-refractivity contribution in [2.75, 3.05) is 13.1 Å². The Morgan fingerprint density at radius 2 is 1.92 bits per heavy atom. The van der Waals surface area contributed by atoms with Gasteiger partial charge in [-0.2, -0.15) is 14.0 Å². The van der Waals surface area contributed by atoms with E-state index in [1.807, 2.05) is 6.07 Å². The summed E-state index contributed by atoms with van der Waals surface area (Å²) in [4.78, 5) is 14.1. The van der Waals surface area contributed by atoms with Crippen LogP contribution < -0.4 is 0 Å². The van der Waals surface area contributed by atoms with Crippen molar-refractivity contribution in [3.05, 3.63) is 35.4 Å². The van der Waals surface area contributed by atoms with Gasteiger partial charge in [-0.1, -0.05) is 12.1 Å². The summed E-state index contributed by atoms with van der Waals surface area (Å²) in [7, 11) is -4.49. The summed E-state index contributed by atoms with van der Waals surface area (Å²) < 4.78 is 47.2. The van der Waals surface area contributed by atoms with E-state index in [-0.39, 0.29) is 17.9 Å². The van der Waals surface area contributed by atoms with Crippen LogP contribution in [0.5, 0.6) is 0 Å². The van der Waals surface area contributed by atoms with Gasteiger partial charge in [0.05, 0.1) is 18.2 Å². The molecule has 2 rings (SSSR count). The Labute approximate surface area is 139 Å². The molecule has 1 aromatic carbocycles. The Morgan fingerprint density at radius 1 is 1.29 bits per heavy atom. The highest BCUT2D eigenvalue weighted by Crippen LogP contribution is 2.30. The molecule has 24 heavy (non-hydrogen) atoms. The first kappa shape index (κ1) is 18.3. The molecule has 1 saturated carbocycles. The number of nitriles is 1. The Kier molecular flexibility index (Phi) is 5.89. The monoisotopic (exact) mass is 356 g/mol. The number of rotatable bonds is 8. The van der Waals surface area contributed by atoms with Crippen molar-refractivity contribution in [2.45, 2.75) is 30.8 Å². The van der Waals surface area contributed by atoms with Crippen LogP contribution in [0.4, 0.5) is 8.78 Å². The molecule has 0 heterocycles. The van der Waals surface area contributed by atoms with Crippen LogP contribution in [0.2, 0.25) is 0 Å². The van der Waals surface area contributed by atoms with Crippen LogP contribution in [-0.4, -0.2) is 38.1 Å². The van der Waals surface area contributed by atoms with E-state index in [2.05, 4.69) is 0 Å². The first-order chi connectivity index (χ1) is 11.3. The van der Waals surface area contributed by atoms with E-state index in [9.17, 15) is 22.0 Å². The molecule has 0 atom stereocenters. The van der Waals surface area contributed by atoms with E-state index < -0.39 is 21.3 Å². The fraction of sp³-hybridized carbons (Fsp3) is 0.500. The van der Waals surface area contributed by atoms with Crippen molar-refractivity contribution < 1.29 is 22.0 Å². The zero-order valence-electron chi connectivity index (χ0n) is 13.0. The summed E-state index contributed by atoms with van der Waals surface area (Å²) in [5.41, 5.74) is 0.560. The molecule has 0 spiro atoms. The molecule has 0 N–H and O–H groups in total. The van der Waals surface area contributed by atoms with Crippen LogP contribution in [-0.2, 0) is 15.6 Å². The quantitative estimate of drug-likeness (QED) is 0.717. The predicted octanol–water partition coefficient (Wildman–Crippen LogP) is 2.59. The summed E-state index contributed by atoms with van der Waals surface area (Å²) in [5.74, 6) is -3.94. The van der Waals surface area contributed by atoms with Gasteiger partial charge in [-0.3, -0.25) is 4.79 Å². The molecule has 0 aromatic heterocycles. The second-order valence-corrected chi connectivity index (χ2v) is 7.84. The number of carbonyl (C=O) groups is 1. The van der Waals surface area contributed by atoms with E-state index in [0.717, 1.165) is 12.8 Å². The molecular weight excluding hydrogens is 338 g/mol. The van der Waals surface area contributed by atoms with Crippen molar-refractivity contribution >= 4 is 15.7 Å². The molecule has 1 aromatic rings. The maximum atomic E-state index is 12.5. The highest BCUT2D eigenvalue weighted by molar-refractivity contribution is 7.90. The molecule has 1 aliphatic rings. The molecule has 1 fully saturated rings. The van der Waals surface area contributed by atoms with E-state index >= 15 is 0 Å². The summed E-state index contributed by atoms with van der Waals surface area (Å²) in [6.45, 7) is 0.940. The normalized spacial score (nSPS) is 14.4. The Bertz CT molecular complexity index is 723. The molecule has 8 heteroatoms. The lowest BCUT2D eigenvalue weighted by molar-refractivity contribution is 0.0751. The number of benzene rings is 1. The van der Waals surface area contributed by atoms with Crippen LogP contribution in [0.1, 0.15) is 35.2 Å². The number of sulfone groups is 1. The molecule has 0 radical (unpaired) electrons. The Hall–Kier alpha value is -2.01. The number of hydrogen-bond acceptors (Lipinski definition) is 4.